The minimum absolute atomic E-state index is 0.0711. The maximum Gasteiger partial charge on any atom is 0.325 e. The molecule has 0 radical (unpaired) electrons. The largest absolute Gasteiger partial charge is 0.451 e. The highest BCUT2D eigenvalue weighted by molar-refractivity contribution is 7.89. The lowest BCUT2D eigenvalue weighted by Crippen LogP contribution is -2.47. The number of carbonyl (C=O) groups excluding carboxylic acids is 2. The summed E-state index contributed by atoms with van der Waals surface area (Å²) in [6.07, 6.45) is -0.321. The number of carbonyl (C=O) groups is 2. The number of esters is 1. The number of sulfonamides is 1. The molecule has 1 aromatic rings. The van der Waals surface area contributed by atoms with Crippen molar-refractivity contribution in [1.29, 1.82) is 0 Å². The van der Waals surface area contributed by atoms with E-state index in [4.69, 9.17) is 27.9 Å². The second-order valence-corrected chi connectivity index (χ2v) is 8.73. The van der Waals surface area contributed by atoms with Gasteiger partial charge in [-0.1, -0.05) is 50.0 Å². The molecule has 0 aliphatic heterocycles. The molecule has 1 rings (SSSR count). The molecule has 2 N–H and O–H groups in total. The molecule has 0 heterocycles. The molecule has 27 heavy (non-hydrogen) atoms. The highest BCUT2D eigenvalue weighted by Crippen LogP contribution is 2.29. The average molecular weight is 439 g/mol. The number of hydrogen-bond donors (Lipinski definition) is 2. The Morgan fingerprint density at radius 3 is 2.19 bits per heavy atom. The molecule has 0 unspecified atom stereocenters. The van der Waals surface area contributed by atoms with Crippen LogP contribution in [-0.2, 0) is 24.3 Å². The van der Waals surface area contributed by atoms with Gasteiger partial charge in [-0.3, -0.25) is 9.59 Å². The minimum Gasteiger partial charge on any atom is -0.451 e. The molecular weight excluding hydrogens is 415 g/mol. The van der Waals surface area contributed by atoms with Crippen LogP contribution in [0.2, 0.25) is 10.0 Å². The number of ether oxygens (including phenoxy) is 1. The first-order valence-electron chi connectivity index (χ1n) is 8.45. The van der Waals surface area contributed by atoms with E-state index in [9.17, 15) is 18.0 Å². The fourth-order valence-corrected chi connectivity index (χ4v) is 4.59. The van der Waals surface area contributed by atoms with Crippen LogP contribution in [-0.4, -0.2) is 39.0 Å². The van der Waals surface area contributed by atoms with Gasteiger partial charge in [-0.15, -0.1) is 0 Å². The minimum atomic E-state index is -4.20. The Bertz CT molecular complexity index is 763. The first-order chi connectivity index (χ1) is 12.5. The molecule has 0 aromatic heterocycles. The molecular formula is C17H24Cl2N2O5S. The topological polar surface area (TPSA) is 102 Å². The number of hydrogen-bond acceptors (Lipinski definition) is 5. The van der Waals surface area contributed by atoms with Gasteiger partial charge in [-0.2, -0.15) is 4.72 Å². The fraction of sp³-hybridized carbons (Fsp3) is 0.529. The second-order valence-electron chi connectivity index (χ2n) is 6.26. The van der Waals surface area contributed by atoms with Crippen LogP contribution in [0.25, 0.3) is 0 Å². The van der Waals surface area contributed by atoms with Gasteiger partial charge in [0.2, 0.25) is 10.0 Å². The van der Waals surface area contributed by atoms with Crippen molar-refractivity contribution in [2.24, 2.45) is 5.92 Å². The van der Waals surface area contributed by atoms with Crippen molar-refractivity contribution in [1.82, 2.24) is 10.0 Å². The molecule has 0 saturated carbocycles. The van der Waals surface area contributed by atoms with E-state index in [-0.39, 0.29) is 14.9 Å². The Hall–Kier alpha value is -1.35. The van der Waals surface area contributed by atoms with E-state index in [1.54, 1.807) is 13.8 Å². The summed E-state index contributed by atoms with van der Waals surface area (Å²) >= 11 is 11.9. The van der Waals surface area contributed by atoms with E-state index in [1.807, 2.05) is 6.92 Å². The van der Waals surface area contributed by atoms with Crippen molar-refractivity contribution in [3.05, 3.63) is 28.2 Å². The lowest BCUT2D eigenvalue weighted by Gasteiger charge is -2.23. The summed E-state index contributed by atoms with van der Waals surface area (Å²) in [5, 5.41) is 2.46. The summed E-state index contributed by atoms with van der Waals surface area (Å²) < 4.78 is 32.8. The maximum absolute atomic E-state index is 12.7. The van der Waals surface area contributed by atoms with Crippen molar-refractivity contribution in [3.63, 3.8) is 0 Å². The van der Waals surface area contributed by atoms with E-state index in [2.05, 4.69) is 10.0 Å². The van der Waals surface area contributed by atoms with E-state index < -0.39 is 40.0 Å². The van der Waals surface area contributed by atoms with Crippen LogP contribution < -0.4 is 10.0 Å². The maximum atomic E-state index is 12.7. The van der Waals surface area contributed by atoms with Crippen LogP contribution in [0.15, 0.2) is 23.1 Å². The van der Waals surface area contributed by atoms with Gasteiger partial charge in [0.15, 0.2) is 6.10 Å². The number of halogens is 2. The standard InChI is InChI=1S/C17H24Cl2N2O5S/c1-5-9-20-16(22)11(4)26-17(23)14(10(2)3)21-27(24,25)15-12(18)7-6-8-13(15)19/h6-8,10-11,14,21H,5,9H2,1-4H3,(H,20,22)/t11-,14+/m0/s1. The average Bonchev–Trinajstić information content (AvgIpc) is 2.56. The molecule has 0 fully saturated rings. The van der Waals surface area contributed by atoms with Crippen LogP contribution in [0.4, 0.5) is 0 Å². The summed E-state index contributed by atoms with van der Waals surface area (Å²) in [6.45, 7) is 7.04. The van der Waals surface area contributed by atoms with Gasteiger partial charge in [0.1, 0.15) is 10.9 Å². The normalized spacial score (nSPS) is 13.9. The monoisotopic (exact) mass is 438 g/mol. The van der Waals surface area contributed by atoms with Crippen molar-refractivity contribution in [3.8, 4) is 0 Å². The van der Waals surface area contributed by atoms with E-state index >= 15 is 0 Å². The van der Waals surface area contributed by atoms with Crippen LogP contribution >= 0.6 is 23.2 Å². The molecule has 1 amide bonds. The van der Waals surface area contributed by atoms with Crippen molar-refractivity contribution in [2.45, 2.75) is 51.2 Å². The van der Waals surface area contributed by atoms with Gasteiger partial charge in [0.25, 0.3) is 5.91 Å². The van der Waals surface area contributed by atoms with E-state index in [0.29, 0.717) is 6.54 Å². The molecule has 0 aliphatic carbocycles. The highest BCUT2D eigenvalue weighted by atomic mass is 35.5. The lowest BCUT2D eigenvalue weighted by atomic mass is 10.1. The number of rotatable bonds is 9. The van der Waals surface area contributed by atoms with E-state index in [0.717, 1.165) is 6.42 Å². The molecule has 2 atom stereocenters. The zero-order valence-electron chi connectivity index (χ0n) is 15.6. The van der Waals surface area contributed by atoms with Gasteiger partial charge < -0.3 is 10.1 Å². The molecule has 1 aromatic carbocycles. The van der Waals surface area contributed by atoms with Gasteiger partial charge in [-0.05, 0) is 31.4 Å². The fourth-order valence-electron chi connectivity index (χ4n) is 2.11. The zero-order chi connectivity index (χ0) is 20.8. The molecule has 0 bridgehead atoms. The molecule has 152 valence electrons. The SMILES string of the molecule is CCCNC(=O)[C@H](C)OC(=O)[C@H](NS(=O)(=O)c1c(Cl)cccc1Cl)C(C)C. The first-order valence-corrected chi connectivity index (χ1v) is 10.7. The molecule has 7 nitrogen and oxygen atoms in total. The summed E-state index contributed by atoms with van der Waals surface area (Å²) in [5.74, 6) is -1.76. The Kier molecular flexibility index (Phi) is 9.01. The second kappa shape index (κ2) is 10.3. The molecule has 0 aliphatic rings. The quantitative estimate of drug-likeness (QED) is 0.577. The van der Waals surface area contributed by atoms with Crippen LogP contribution in [0.3, 0.4) is 0 Å². The number of benzene rings is 1. The third-order valence-electron chi connectivity index (χ3n) is 3.60. The zero-order valence-corrected chi connectivity index (χ0v) is 17.9. The predicted molar refractivity (Wildman–Crippen MR) is 104 cm³/mol. The molecule has 10 heteroatoms. The Balaban J connectivity index is 2.99. The summed E-state index contributed by atoms with van der Waals surface area (Å²) in [7, 11) is -4.20. The van der Waals surface area contributed by atoms with Gasteiger partial charge in [-0.25, -0.2) is 8.42 Å². The predicted octanol–water partition coefficient (Wildman–Crippen LogP) is 2.75. The van der Waals surface area contributed by atoms with Crippen LogP contribution in [0, 0.1) is 5.92 Å². The van der Waals surface area contributed by atoms with Crippen molar-refractivity contribution < 1.29 is 22.7 Å². The summed E-state index contributed by atoms with van der Waals surface area (Å²) in [5.41, 5.74) is 0. The third-order valence-corrected chi connectivity index (χ3v) is 6.00. The van der Waals surface area contributed by atoms with Gasteiger partial charge in [0, 0.05) is 6.54 Å². The summed E-state index contributed by atoms with van der Waals surface area (Å²) in [6, 6.07) is 3.05. The smallest absolute Gasteiger partial charge is 0.325 e. The van der Waals surface area contributed by atoms with E-state index in [1.165, 1.54) is 25.1 Å². The van der Waals surface area contributed by atoms with Crippen LogP contribution in [0.1, 0.15) is 34.1 Å². The Morgan fingerprint density at radius 2 is 1.70 bits per heavy atom. The van der Waals surface area contributed by atoms with Gasteiger partial charge >= 0.3 is 5.97 Å². The van der Waals surface area contributed by atoms with Crippen molar-refractivity contribution in [2.75, 3.05) is 6.54 Å². The van der Waals surface area contributed by atoms with Crippen molar-refractivity contribution >= 4 is 45.1 Å². The number of amides is 1. The lowest BCUT2D eigenvalue weighted by molar-refractivity contribution is -0.157. The number of nitrogens with one attached hydrogen (secondary N) is 2. The Morgan fingerprint density at radius 1 is 1.15 bits per heavy atom. The molecule has 0 spiro atoms. The third kappa shape index (κ3) is 6.64. The highest BCUT2D eigenvalue weighted by Gasteiger charge is 2.33. The van der Waals surface area contributed by atoms with Gasteiger partial charge in [0.05, 0.1) is 10.0 Å². The first kappa shape index (κ1) is 23.7. The summed E-state index contributed by atoms with van der Waals surface area (Å²) in [4.78, 5) is 24.0. The van der Waals surface area contributed by atoms with Crippen LogP contribution in [0.5, 0.6) is 0 Å². The molecule has 0 saturated heterocycles. The Labute approximate surface area is 169 Å².